The second-order valence-corrected chi connectivity index (χ2v) is 7.57. The average molecular weight is 342 g/mol. The largest absolute Gasteiger partial charge is 0.379 e. The van der Waals surface area contributed by atoms with Crippen LogP contribution in [0.4, 0.5) is 0 Å². The Balaban J connectivity index is 1.29. The van der Waals surface area contributed by atoms with Crippen LogP contribution < -0.4 is 0 Å². The van der Waals surface area contributed by atoms with Crippen molar-refractivity contribution in [3.05, 3.63) is 35.4 Å². The van der Waals surface area contributed by atoms with E-state index in [4.69, 9.17) is 4.74 Å². The number of imide groups is 1. The van der Waals surface area contributed by atoms with Gasteiger partial charge in [0.15, 0.2) is 0 Å². The van der Waals surface area contributed by atoms with Crippen molar-refractivity contribution in [2.45, 2.75) is 25.7 Å². The number of benzene rings is 1. The number of carbonyl (C=O) groups is 2. The SMILES string of the molecule is O=C1c2ccccc2C(=O)N1CC1CCC(CN2CCOCC2)CC1. The Bertz CT molecular complexity index is 611. The minimum absolute atomic E-state index is 0.115. The van der Waals surface area contributed by atoms with Crippen molar-refractivity contribution < 1.29 is 14.3 Å². The first-order valence-electron chi connectivity index (χ1n) is 9.47. The highest BCUT2D eigenvalue weighted by Gasteiger charge is 2.37. The lowest BCUT2D eigenvalue weighted by atomic mass is 9.81. The van der Waals surface area contributed by atoms with Crippen LogP contribution in [0.15, 0.2) is 24.3 Å². The van der Waals surface area contributed by atoms with Gasteiger partial charge in [0.1, 0.15) is 0 Å². The number of morpholine rings is 1. The first kappa shape index (κ1) is 16.7. The van der Waals surface area contributed by atoms with Crippen molar-refractivity contribution in [1.82, 2.24) is 9.80 Å². The molecule has 1 saturated heterocycles. The molecule has 0 unspecified atom stereocenters. The monoisotopic (exact) mass is 342 g/mol. The maximum Gasteiger partial charge on any atom is 0.261 e. The predicted octanol–water partition coefficient (Wildman–Crippen LogP) is 2.42. The second-order valence-electron chi connectivity index (χ2n) is 7.57. The molecule has 1 aliphatic carbocycles. The normalized spacial score (nSPS) is 27.6. The van der Waals surface area contributed by atoms with Gasteiger partial charge in [0.25, 0.3) is 11.8 Å². The summed E-state index contributed by atoms with van der Waals surface area (Å²) in [5.74, 6) is 0.965. The highest BCUT2D eigenvalue weighted by atomic mass is 16.5. The topological polar surface area (TPSA) is 49.9 Å². The van der Waals surface area contributed by atoms with E-state index in [0.717, 1.165) is 45.1 Å². The fourth-order valence-electron chi connectivity index (χ4n) is 4.41. The summed E-state index contributed by atoms with van der Waals surface area (Å²) in [5, 5.41) is 0. The highest BCUT2D eigenvalue weighted by molar-refractivity contribution is 6.21. The van der Waals surface area contributed by atoms with Gasteiger partial charge in [-0.2, -0.15) is 0 Å². The van der Waals surface area contributed by atoms with Gasteiger partial charge >= 0.3 is 0 Å². The fourth-order valence-corrected chi connectivity index (χ4v) is 4.41. The van der Waals surface area contributed by atoms with E-state index in [1.807, 2.05) is 12.1 Å². The van der Waals surface area contributed by atoms with Gasteiger partial charge in [-0.05, 0) is 49.7 Å². The zero-order valence-corrected chi connectivity index (χ0v) is 14.7. The maximum atomic E-state index is 12.5. The first-order chi connectivity index (χ1) is 12.2. The molecule has 0 spiro atoms. The van der Waals surface area contributed by atoms with Crippen molar-refractivity contribution in [3.8, 4) is 0 Å². The zero-order chi connectivity index (χ0) is 17.2. The maximum absolute atomic E-state index is 12.5. The Morgan fingerprint density at radius 3 is 1.92 bits per heavy atom. The van der Waals surface area contributed by atoms with Crippen LogP contribution in [-0.4, -0.2) is 61.0 Å². The quantitative estimate of drug-likeness (QED) is 0.789. The van der Waals surface area contributed by atoms with Crippen LogP contribution in [0.3, 0.4) is 0 Å². The molecular formula is C20H26N2O3. The summed E-state index contributed by atoms with van der Waals surface area (Å²) in [5.41, 5.74) is 1.13. The van der Waals surface area contributed by atoms with Gasteiger partial charge in [-0.1, -0.05) is 12.1 Å². The van der Waals surface area contributed by atoms with Crippen molar-refractivity contribution in [2.75, 3.05) is 39.4 Å². The van der Waals surface area contributed by atoms with E-state index < -0.39 is 0 Å². The summed E-state index contributed by atoms with van der Waals surface area (Å²) in [4.78, 5) is 29.0. The predicted molar refractivity (Wildman–Crippen MR) is 94.5 cm³/mol. The molecule has 1 aromatic rings. The molecule has 2 aliphatic heterocycles. The third-order valence-corrected chi connectivity index (χ3v) is 5.91. The number of hydrogen-bond acceptors (Lipinski definition) is 4. The first-order valence-corrected chi connectivity index (χ1v) is 9.47. The van der Waals surface area contributed by atoms with E-state index in [0.29, 0.717) is 23.6 Å². The van der Waals surface area contributed by atoms with Gasteiger partial charge < -0.3 is 4.74 Å². The van der Waals surface area contributed by atoms with Crippen LogP contribution >= 0.6 is 0 Å². The van der Waals surface area contributed by atoms with Crippen LogP contribution in [0.25, 0.3) is 0 Å². The van der Waals surface area contributed by atoms with E-state index in [2.05, 4.69) is 4.90 Å². The third-order valence-electron chi connectivity index (χ3n) is 5.91. The molecule has 1 aromatic carbocycles. The fraction of sp³-hybridized carbons (Fsp3) is 0.600. The number of hydrogen-bond donors (Lipinski definition) is 0. The minimum Gasteiger partial charge on any atom is -0.379 e. The van der Waals surface area contributed by atoms with E-state index in [9.17, 15) is 9.59 Å². The molecule has 0 aromatic heterocycles. The Hall–Kier alpha value is -1.72. The van der Waals surface area contributed by atoms with E-state index in [1.54, 1.807) is 12.1 Å². The molecule has 134 valence electrons. The van der Waals surface area contributed by atoms with Crippen LogP contribution in [0, 0.1) is 11.8 Å². The van der Waals surface area contributed by atoms with Gasteiger partial charge in [0.05, 0.1) is 24.3 Å². The molecule has 5 nitrogen and oxygen atoms in total. The lowest BCUT2D eigenvalue weighted by Crippen LogP contribution is -2.41. The molecule has 2 amide bonds. The lowest BCUT2D eigenvalue weighted by molar-refractivity contribution is 0.0257. The number of ether oxygens (including phenoxy) is 1. The molecular weight excluding hydrogens is 316 g/mol. The molecule has 3 aliphatic rings. The van der Waals surface area contributed by atoms with Crippen molar-refractivity contribution in [3.63, 3.8) is 0 Å². The van der Waals surface area contributed by atoms with Crippen LogP contribution in [-0.2, 0) is 4.74 Å². The Morgan fingerprint density at radius 1 is 0.840 bits per heavy atom. The Kier molecular flexibility index (Phi) is 4.86. The molecule has 0 bridgehead atoms. The van der Waals surface area contributed by atoms with E-state index >= 15 is 0 Å². The van der Waals surface area contributed by atoms with Crippen molar-refractivity contribution in [2.24, 2.45) is 11.8 Å². The molecule has 1 saturated carbocycles. The van der Waals surface area contributed by atoms with Crippen molar-refractivity contribution in [1.29, 1.82) is 0 Å². The molecule has 2 fully saturated rings. The third kappa shape index (κ3) is 3.48. The number of fused-ring (bicyclic) bond motifs is 1. The summed E-state index contributed by atoms with van der Waals surface area (Å²) in [6, 6.07) is 7.16. The summed E-state index contributed by atoms with van der Waals surface area (Å²) < 4.78 is 5.42. The van der Waals surface area contributed by atoms with Crippen molar-refractivity contribution >= 4 is 11.8 Å². The van der Waals surface area contributed by atoms with Crippen LogP contribution in [0.1, 0.15) is 46.4 Å². The van der Waals surface area contributed by atoms with E-state index in [1.165, 1.54) is 24.3 Å². The van der Waals surface area contributed by atoms with Gasteiger partial charge in [0, 0.05) is 26.2 Å². The summed E-state index contributed by atoms with van der Waals surface area (Å²) in [6.45, 7) is 5.56. The standard InChI is InChI=1S/C20H26N2O3/c23-19-17-3-1-2-4-18(17)20(24)22(19)14-16-7-5-15(6-8-16)13-21-9-11-25-12-10-21/h1-4,15-16H,5-14H2. The smallest absolute Gasteiger partial charge is 0.261 e. The molecule has 0 N–H and O–H groups in total. The number of amides is 2. The zero-order valence-electron chi connectivity index (χ0n) is 14.7. The molecule has 2 heterocycles. The van der Waals surface area contributed by atoms with Gasteiger partial charge in [0.2, 0.25) is 0 Å². The summed E-state index contributed by atoms with van der Waals surface area (Å²) >= 11 is 0. The number of nitrogens with zero attached hydrogens (tertiary/aromatic N) is 2. The molecule has 0 atom stereocenters. The highest BCUT2D eigenvalue weighted by Crippen LogP contribution is 2.32. The second kappa shape index (κ2) is 7.26. The average Bonchev–Trinajstić information content (AvgIpc) is 2.89. The van der Waals surface area contributed by atoms with Gasteiger partial charge in [-0.3, -0.25) is 19.4 Å². The summed E-state index contributed by atoms with van der Waals surface area (Å²) in [7, 11) is 0. The number of rotatable bonds is 4. The Morgan fingerprint density at radius 2 is 1.36 bits per heavy atom. The molecule has 5 heteroatoms. The Labute approximate surface area is 148 Å². The minimum atomic E-state index is -0.115. The number of carbonyl (C=O) groups excluding carboxylic acids is 2. The summed E-state index contributed by atoms with van der Waals surface area (Å²) in [6.07, 6.45) is 4.63. The molecule has 25 heavy (non-hydrogen) atoms. The van der Waals surface area contributed by atoms with E-state index in [-0.39, 0.29) is 11.8 Å². The lowest BCUT2D eigenvalue weighted by Gasteiger charge is -2.35. The van der Waals surface area contributed by atoms with Gasteiger partial charge in [-0.25, -0.2) is 0 Å². The van der Waals surface area contributed by atoms with Crippen LogP contribution in [0.2, 0.25) is 0 Å². The van der Waals surface area contributed by atoms with Crippen LogP contribution in [0.5, 0.6) is 0 Å². The van der Waals surface area contributed by atoms with Gasteiger partial charge in [-0.15, -0.1) is 0 Å². The molecule has 0 radical (unpaired) electrons. The molecule has 4 rings (SSSR count).